The minimum Gasteiger partial charge on any atom is -0.396 e. The van der Waals surface area contributed by atoms with Crippen LogP contribution in [0, 0.1) is 5.92 Å². The Kier molecular flexibility index (Phi) is 5.85. The van der Waals surface area contributed by atoms with E-state index in [1.807, 2.05) is 7.05 Å². The Balaban J connectivity index is 2.94. The third-order valence-electron chi connectivity index (χ3n) is 3.10. The van der Waals surface area contributed by atoms with Gasteiger partial charge in [0.05, 0.1) is 0 Å². The molecule has 0 radical (unpaired) electrons. The topological polar surface area (TPSA) is 70.1 Å². The Morgan fingerprint density at radius 1 is 1.28 bits per heavy atom. The van der Waals surface area contributed by atoms with E-state index in [-0.39, 0.29) is 12.6 Å². The summed E-state index contributed by atoms with van der Waals surface area (Å²) in [4.78, 5) is 8.53. The molecule has 0 saturated carbocycles. The summed E-state index contributed by atoms with van der Waals surface area (Å²) >= 11 is 0. The van der Waals surface area contributed by atoms with Gasteiger partial charge >= 0.3 is 0 Å². The molecule has 0 aliphatic carbocycles. The van der Waals surface area contributed by atoms with Gasteiger partial charge in [0.15, 0.2) is 0 Å². The zero-order chi connectivity index (χ0) is 13.5. The Bertz CT molecular complexity index is 368. The number of nitrogens with zero attached hydrogens (tertiary/aromatic N) is 2. The molecule has 1 unspecified atom stereocenters. The third-order valence-corrected chi connectivity index (χ3v) is 3.10. The molecule has 0 fully saturated rings. The first kappa shape index (κ1) is 14.7. The molecule has 1 aromatic heterocycles. The monoisotopic (exact) mass is 252 g/mol. The van der Waals surface area contributed by atoms with Gasteiger partial charge in [0.2, 0.25) is 0 Å². The van der Waals surface area contributed by atoms with Crippen LogP contribution < -0.4 is 10.6 Å². The molecule has 0 spiro atoms. The maximum absolute atomic E-state index is 9.11. The fraction of sp³-hybridized carbons (Fsp3) is 0.692. The van der Waals surface area contributed by atoms with Crippen molar-refractivity contribution >= 4 is 11.6 Å². The van der Waals surface area contributed by atoms with Crippen LogP contribution in [0.1, 0.15) is 32.8 Å². The maximum atomic E-state index is 9.11. The lowest BCUT2D eigenvalue weighted by molar-refractivity contribution is 0.267. The van der Waals surface area contributed by atoms with E-state index in [0.29, 0.717) is 5.92 Å². The van der Waals surface area contributed by atoms with Gasteiger partial charge in [-0.2, -0.15) is 0 Å². The van der Waals surface area contributed by atoms with Crippen molar-refractivity contribution in [3.63, 3.8) is 0 Å². The van der Waals surface area contributed by atoms with Crippen LogP contribution in [-0.4, -0.2) is 34.8 Å². The Hall–Kier alpha value is -1.36. The molecule has 1 aromatic rings. The van der Waals surface area contributed by atoms with E-state index in [9.17, 15) is 0 Å². The van der Waals surface area contributed by atoms with Gasteiger partial charge in [0, 0.05) is 25.3 Å². The summed E-state index contributed by atoms with van der Waals surface area (Å²) in [6.45, 7) is 6.54. The molecule has 0 aliphatic heterocycles. The van der Waals surface area contributed by atoms with Crippen molar-refractivity contribution in [2.24, 2.45) is 5.92 Å². The maximum Gasteiger partial charge on any atom is 0.134 e. The molecule has 0 amide bonds. The smallest absolute Gasteiger partial charge is 0.134 e. The van der Waals surface area contributed by atoms with Crippen LogP contribution in [0.2, 0.25) is 0 Å². The highest BCUT2D eigenvalue weighted by atomic mass is 16.3. The van der Waals surface area contributed by atoms with Gasteiger partial charge in [0.25, 0.3) is 0 Å². The SMILES string of the molecule is CCc1c(NC)ncnc1NC(CCO)C(C)C. The van der Waals surface area contributed by atoms with Crippen molar-refractivity contribution < 1.29 is 5.11 Å². The van der Waals surface area contributed by atoms with Crippen molar-refractivity contribution in [1.82, 2.24) is 9.97 Å². The predicted molar refractivity (Wildman–Crippen MR) is 74.9 cm³/mol. The molecule has 0 aliphatic rings. The largest absolute Gasteiger partial charge is 0.396 e. The average molecular weight is 252 g/mol. The summed E-state index contributed by atoms with van der Waals surface area (Å²) in [6.07, 6.45) is 3.15. The van der Waals surface area contributed by atoms with Gasteiger partial charge in [-0.1, -0.05) is 20.8 Å². The molecule has 1 rings (SSSR count). The van der Waals surface area contributed by atoms with Gasteiger partial charge in [-0.25, -0.2) is 9.97 Å². The summed E-state index contributed by atoms with van der Waals surface area (Å²) in [5, 5.41) is 15.6. The molecule has 0 bridgehead atoms. The molecule has 0 aromatic carbocycles. The van der Waals surface area contributed by atoms with Gasteiger partial charge in [-0.05, 0) is 18.8 Å². The predicted octanol–water partition coefficient (Wildman–Crippen LogP) is 1.90. The quantitative estimate of drug-likeness (QED) is 0.691. The minimum atomic E-state index is 0.182. The molecule has 5 heteroatoms. The Morgan fingerprint density at radius 2 is 1.94 bits per heavy atom. The second kappa shape index (κ2) is 7.16. The number of aliphatic hydroxyl groups is 1. The second-order valence-corrected chi connectivity index (χ2v) is 4.66. The standard InChI is InChI=1S/C13H24N4O/c1-5-10-12(14-4)15-8-16-13(10)17-11(6-7-18)9(2)3/h8-9,11,18H,5-7H2,1-4H3,(H2,14,15,16,17). The number of rotatable bonds is 7. The molecule has 3 N–H and O–H groups in total. The average Bonchev–Trinajstić information content (AvgIpc) is 2.37. The molecule has 5 nitrogen and oxygen atoms in total. The van der Waals surface area contributed by atoms with Gasteiger partial charge < -0.3 is 15.7 Å². The van der Waals surface area contributed by atoms with Crippen LogP contribution in [0.5, 0.6) is 0 Å². The highest BCUT2D eigenvalue weighted by molar-refractivity contribution is 5.57. The third kappa shape index (κ3) is 3.57. The van der Waals surface area contributed by atoms with E-state index in [2.05, 4.69) is 41.4 Å². The van der Waals surface area contributed by atoms with Crippen LogP contribution in [0.25, 0.3) is 0 Å². The number of hydrogen-bond acceptors (Lipinski definition) is 5. The molecule has 1 atom stereocenters. The summed E-state index contributed by atoms with van der Waals surface area (Å²) in [5.41, 5.74) is 1.09. The minimum absolute atomic E-state index is 0.182. The first-order chi connectivity index (χ1) is 8.63. The lowest BCUT2D eigenvalue weighted by atomic mass is 10.0. The number of hydrogen-bond donors (Lipinski definition) is 3. The van der Waals surface area contributed by atoms with E-state index in [4.69, 9.17) is 5.11 Å². The molecule has 1 heterocycles. The number of aromatic nitrogens is 2. The zero-order valence-corrected chi connectivity index (χ0v) is 11.7. The van der Waals surface area contributed by atoms with Crippen LogP contribution in [0.4, 0.5) is 11.6 Å². The zero-order valence-electron chi connectivity index (χ0n) is 11.7. The van der Waals surface area contributed by atoms with Gasteiger partial charge in [-0.15, -0.1) is 0 Å². The van der Waals surface area contributed by atoms with Crippen LogP contribution >= 0.6 is 0 Å². The molecule has 18 heavy (non-hydrogen) atoms. The summed E-state index contributed by atoms with van der Waals surface area (Å²) < 4.78 is 0. The lowest BCUT2D eigenvalue weighted by Gasteiger charge is -2.23. The van der Waals surface area contributed by atoms with Gasteiger partial charge in [0.1, 0.15) is 18.0 Å². The van der Waals surface area contributed by atoms with Crippen LogP contribution in [-0.2, 0) is 6.42 Å². The van der Waals surface area contributed by atoms with Gasteiger partial charge in [-0.3, -0.25) is 0 Å². The van der Waals surface area contributed by atoms with E-state index in [1.165, 1.54) is 0 Å². The Morgan fingerprint density at radius 3 is 2.44 bits per heavy atom. The summed E-state index contributed by atoms with van der Waals surface area (Å²) in [6, 6.07) is 0.222. The molecule has 0 saturated heterocycles. The lowest BCUT2D eigenvalue weighted by Crippen LogP contribution is -2.28. The summed E-state index contributed by atoms with van der Waals surface area (Å²) in [7, 11) is 1.86. The highest BCUT2D eigenvalue weighted by Gasteiger charge is 2.16. The summed E-state index contributed by atoms with van der Waals surface area (Å²) in [5.74, 6) is 2.17. The Labute approximate surface area is 109 Å². The van der Waals surface area contributed by atoms with Crippen LogP contribution in [0.3, 0.4) is 0 Å². The highest BCUT2D eigenvalue weighted by Crippen LogP contribution is 2.22. The van der Waals surface area contributed by atoms with E-state index < -0.39 is 0 Å². The number of nitrogens with one attached hydrogen (secondary N) is 2. The second-order valence-electron chi connectivity index (χ2n) is 4.66. The van der Waals surface area contributed by atoms with Crippen molar-refractivity contribution in [2.75, 3.05) is 24.3 Å². The fourth-order valence-electron chi connectivity index (χ4n) is 1.97. The van der Waals surface area contributed by atoms with E-state index in [1.54, 1.807) is 6.33 Å². The first-order valence-electron chi connectivity index (χ1n) is 6.53. The normalized spacial score (nSPS) is 12.6. The number of aliphatic hydroxyl groups excluding tert-OH is 1. The van der Waals surface area contributed by atoms with Crippen molar-refractivity contribution in [3.05, 3.63) is 11.9 Å². The van der Waals surface area contributed by atoms with Crippen molar-refractivity contribution in [3.8, 4) is 0 Å². The molecular formula is C13H24N4O. The van der Waals surface area contributed by atoms with Crippen molar-refractivity contribution in [2.45, 2.75) is 39.7 Å². The molecule has 102 valence electrons. The van der Waals surface area contributed by atoms with E-state index >= 15 is 0 Å². The van der Waals surface area contributed by atoms with E-state index in [0.717, 1.165) is 30.0 Å². The van der Waals surface area contributed by atoms with Crippen molar-refractivity contribution in [1.29, 1.82) is 0 Å². The first-order valence-corrected chi connectivity index (χ1v) is 6.53. The molecular weight excluding hydrogens is 228 g/mol. The number of anilines is 2. The fourth-order valence-corrected chi connectivity index (χ4v) is 1.97. The van der Waals surface area contributed by atoms with Crippen LogP contribution in [0.15, 0.2) is 6.33 Å².